The largest absolute Gasteiger partial charge is 0.491 e. The minimum Gasteiger partial charge on any atom is -0.491 e. The second-order valence-corrected chi connectivity index (χ2v) is 11.2. The van der Waals surface area contributed by atoms with Crippen molar-refractivity contribution in [1.82, 2.24) is 14.5 Å². The molecule has 0 aliphatic carbocycles. The number of aromatic nitrogens is 2. The lowest BCUT2D eigenvalue weighted by Gasteiger charge is -2.30. The van der Waals surface area contributed by atoms with Crippen LogP contribution >= 0.6 is 0 Å². The van der Waals surface area contributed by atoms with Crippen LogP contribution in [0, 0.1) is 5.92 Å². The first-order chi connectivity index (χ1) is 18.5. The molecule has 0 fully saturated rings. The van der Waals surface area contributed by atoms with Crippen molar-refractivity contribution >= 4 is 11.0 Å². The van der Waals surface area contributed by atoms with E-state index in [2.05, 4.69) is 84.8 Å². The molecule has 38 heavy (non-hydrogen) atoms. The summed E-state index contributed by atoms with van der Waals surface area (Å²) in [5, 5.41) is 10.7. The Morgan fingerprint density at radius 1 is 0.974 bits per heavy atom. The van der Waals surface area contributed by atoms with Crippen LogP contribution in [-0.2, 0) is 13.0 Å². The minimum absolute atomic E-state index is 0.279. The number of benzene rings is 3. The number of hydrogen-bond acceptors (Lipinski definition) is 4. The summed E-state index contributed by atoms with van der Waals surface area (Å²) in [7, 11) is 0. The monoisotopic (exact) mass is 511 g/mol. The number of β-amino-alcohol motifs (C(OH)–C–C–N with tert-alkyl or cyclic N) is 1. The maximum atomic E-state index is 10.7. The maximum absolute atomic E-state index is 10.7. The molecule has 2 heterocycles. The predicted octanol–water partition coefficient (Wildman–Crippen LogP) is 6.89. The van der Waals surface area contributed by atoms with Crippen LogP contribution in [0.1, 0.15) is 57.2 Å². The van der Waals surface area contributed by atoms with Crippen LogP contribution in [0.3, 0.4) is 0 Å². The molecule has 1 N–H and O–H groups in total. The Kier molecular flexibility index (Phi) is 8.45. The van der Waals surface area contributed by atoms with Gasteiger partial charge in [0.2, 0.25) is 0 Å². The summed E-state index contributed by atoms with van der Waals surface area (Å²) in [6.07, 6.45) is 5.98. The van der Waals surface area contributed by atoms with Gasteiger partial charge in [-0.2, -0.15) is 0 Å². The average molecular weight is 512 g/mol. The molecule has 5 heteroatoms. The van der Waals surface area contributed by atoms with Gasteiger partial charge in [-0.25, -0.2) is 4.98 Å². The first-order valence-electron chi connectivity index (χ1n) is 14.2. The van der Waals surface area contributed by atoms with Gasteiger partial charge >= 0.3 is 0 Å². The number of nitrogens with zero attached hydrogens (tertiary/aromatic N) is 3. The second kappa shape index (κ2) is 12.1. The molecular formula is C33H41N3O2. The third-order valence-corrected chi connectivity index (χ3v) is 7.62. The van der Waals surface area contributed by atoms with Crippen molar-refractivity contribution in [1.29, 1.82) is 0 Å². The van der Waals surface area contributed by atoms with E-state index in [0.29, 0.717) is 18.5 Å². The number of imidazole rings is 1. The van der Waals surface area contributed by atoms with E-state index in [1.54, 1.807) is 0 Å². The third-order valence-electron chi connectivity index (χ3n) is 7.62. The molecule has 2 atom stereocenters. The molecular weight excluding hydrogens is 470 g/mol. The molecule has 1 aliphatic heterocycles. The van der Waals surface area contributed by atoms with E-state index in [4.69, 9.17) is 9.72 Å². The van der Waals surface area contributed by atoms with E-state index in [1.165, 1.54) is 16.6 Å². The smallest absolute Gasteiger partial charge is 0.120 e. The number of aliphatic hydroxyl groups excluding tert-OH is 1. The van der Waals surface area contributed by atoms with E-state index in [-0.39, 0.29) is 6.61 Å². The van der Waals surface area contributed by atoms with E-state index in [9.17, 15) is 5.11 Å². The quantitative estimate of drug-likeness (QED) is 0.238. The van der Waals surface area contributed by atoms with Gasteiger partial charge in [0.15, 0.2) is 0 Å². The van der Waals surface area contributed by atoms with E-state index >= 15 is 0 Å². The third kappa shape index (κ3) is 6.28. The minimum atomic E-state index is -0.536. The predicted molar refractivity (Wildman–Crippen MR) is 155 cm³/mol. The number of hydrogen-bond donors (Lipinski definition) is 1. The summed E-state index contributed by atoms with van der Waals surface area (Å²) in [6.45, 7) is 9.59. The van der Waals surface area contributed by atoms with Crippen LogP contribution in [0.5, 0.6) is 5.75 Å². The van der Waals surface area contributed by atoms with Gasteiger partial charge in [0, 0.05) is 25.7 Å². The molecule has 0 saturated carbocycles. The summed E-state index contributed by atoms with van der Waals surface area (Å²) in [5.74, 6) is 1.42. The summed E-state index contributed by atoms with van der Waals surface area (Å²) in [5.41, 5.74) is 7.27. The van der Waals surface area contributed by atoms with Gasteiger partial charge in [0.1, 0.15) is 18.5 Å². The van der Waals surface area contributed by atoms with Gasteiger partial charge in [-0.15, -0.1) is 0 Å². The molecule has 1 aliphatic rings. The first kappa shape index (κ1) is 26.5. The Labute approximate surface area is 227 Å². The zero-order valence-corrected chi connectivity index (χ0v) is 23.0. The Hall–Kier alpha value is -3.15. The molecule has 0 bridgehead atoms. The van der Waals surface area contributed by atoms with Crippen molar-refractivity contribution in [2.75, 3.05) is 19.7 Å². The summed E-state index contributed by atoms with van der Waals surface area (Å²) >= 11 is 0. The molecule has 0 spiro atoms. The Balaban J connectivity index is 1.25. The zero-order valence-electron chi connectivity index (χ0n) is 23.0. The van der Waals surface area contributed by atoms with Gasteiger partial charge in [0.05, 0.1) is 17.4 Å². The van der Waals surface area contributed by atoms with Crippen LogP contribution in [0.4, 0.5) is 0 Å². The van der Waals surface area contributed by atoms with E-state index in [1.807, 2.05) is 18.5 Å². The SMILES string of the molecule is CCCC(CC(C)C)n1cnc2ccc(-c3cccc(OCC(O)CN4CCc5ccccc5C4)c3)cc21. The van der Waals surface area contributed by atoms with Crippen molar-refractivity contribution < 1.29 is 9.84 Å². The van der Waals surface area contributed by atoms with Crippen molar-refractivity contribution in [2.24, 2.45) is 5.92 Å². The summed E-state index contributed by atoms with van der Waals surface area (Å²) < 4.78 is 8.43. The van der Waals surface area contributed by atoms with Gasteiger partial charge in [-0.05, 0) is 71.7 Å². The highest BCUT2D eigenvalue weighted by molar-refractivity contribution is 5.82. The molecule has 0 amide bonds. The van der Waals surface area contributed by atoms with Gasteiger partial charge in [-0.3, -0.25) is 4.90 Å². The van der Waals surface area contributed by atoms with Crippen molar-refractivity contribution in [3.63, 3.8) is 0 Å². The van der Waals surface area contributed by atoms with Gasteiger partial charge in [0.25, 0.3) is 0 Å². The zero-order chi connectivity index (χ0) is 26.5. The van der Waals surface area contributed by atoms with Crippen LogP contribution in [0.2, 0.25) is 0 Å². The second-order valence-electron chi connectivity index (χ2n) is 11.2. The highest BCUT2D eigenvalue weighted by atomic mass is 16.5. The molecule has 1 aromatic heterocycles. The Bertz CT molecular complexity index is 1350. The molecule has 3 aromatic carbocycles. The Morgan fingerprint density at radius 3 is 2.61 bits per heavy atom. The highest BCUT2D eigenvalue weighted by Gasteiger charge is 2.19. The molecule has 4 aromatic rings. The number of ether oxygens (including phenoxy) is 1. The Morgan fingerprint density at radius 2 is 1.79 bits per heavy atom. The van der Waals surface area contributed by atoms with Crippen LogP contribution in [0.25, 0.3) is 22.2 Å². The fourth-order valence-corrected chi connectivity index (χ4v) is 5.76. The average Bonchev–Trinajstić information content (AvgIpc) is 3.35. The topological polar surface area (TPSA) is 50.5 Å². The van der Waals surface area contributed by atoms with Crippen LogP contribution < -0.4 is 4.74 Å². The fourth-order valence-electron chi connectivity index (χ4n) is 5.76. The fraction of sp³-hybridized carbons (Fsp3) is 0.424. The number of rotatable bonds is 11. The molecule has 0 radical (unpaired) electrons. The molecule has 2 unspecified atom stereocenters. The maximum Gasteiger partial charge on any atom is 0.120 e. The normalized spacial score (nSPS) is 15.5. The number of fused-ring (bicyclic) bond motifs is 2. The van der Waals surface area contributed by atoms with Crippen LogP contribution in [0.15, 0.2) is 73.1 Å². The van der Waals surface area contributed by atoms with Crippen molar-refractivity contribution in [2.45, 2.75) is 65.1 Å². The molecule has 5 rings (SSSR count). The summed E-state index contributed by atoms with van der Waals surface area (Å²) in [4.78, 5) is 7.01. The summed E-state index contributed by atoms with van der Waals surface area (Å²) in [6, 6.07) is 23.8. The number of aliphatic hydroxyl groups is 1. The van der Waals surface area contributed by atoms with E-state index < -0.39 is 6.10 Å². The molecule has 200 valence electrons. The van der Waals surface area contributed by atoms with Gasteiger partial charge < -0.3 is 14.4 Å². The van der Waals surface area contributed by atoms with Crippen molar-refractivity contribution in [3.8, 4) is 16.9 Å². The lowest BCUT2D eigenvalue weighted by atomic mass is 9.99. The molecule has 5 nitrogen and oxygen atoms in total. The molecule has 0 saturated heterocycles. The van der Waals surface area contributed by atoms with Crippen molar-refractivity contribution in [3.05, 3.63) is 84.2 Å². The van der Waals surface area contributed by atoms with Gasteiger partial charge in [-0.1, -0.05) is 69.7 Å². The van der Waals surface area contributed by atoms with Crippen LogP contribution in [-0.4, -0.2) is 45.4 Å². The lowest BCUT2D eigenvalue weighted by molar-refractivity contribution is 0.0638. The van der Waals surface area contributed by atoms with E-state index in [0.717, 1.165) is 61.2 Å². The standard InChI is InChI=1S/C33H41N3O2/c1-4-8-29(17-24(2)3)36-23-34-32-14-13-27(19-33(32)36)26-11-7-12-31(18-26)38-22-30(37)21-35-16-15-25-9-5-6-10-28(25)20-35/h5-7,9-14,18-19,23-24,29-30,37H,4,8,15-17,20-22H2,1-3H3. The first-order valence-corrected chi connectivity index (χ1v) is 14.2. The lowest BCUT2D eigenvalue weighted by Crippen LogP contribution is -2.38. The highest BCUT2D eigenvalue weighted by Crippen LogP contribution is 2.31.